The van der Waals surface area contributed by atoms with Crippen molar-refractivity contribution in [1.29, 1.82) is 5.26 Å². The molecule has 0 aliphatic heterocycles. The van der Waals surface area contributed by atoms with Crippen LogP contribution >= 0.6 is 11.6 Å². The molecule has 0 aliphatic rings. The molecule has 0 aliphatic carbocycles. The summed E-state index contributed by atoms with van der Waals surface area (Å²) in [5.41, 5.74) is 11.1. The average Bonchev–Trinajstić information content (AvgIpc) is 2.81. The molecular formula is C22H31ClN8O4S. The van der Waals surface area contributed by atoms with Gasteiger partial charge in [-0.2, -0.15) is 5.26 Å². The molecule has 0 saturated heterocycles. The number of aromatic nitrogens is 2. The smallest absolute Gasteiger partial charge is 0.273 e. The summed E-state index contributed by atoms with van der Waals surface area (Å²) in [6.45, 7) is 2.17. The Balaban J connectivity index is 1.71. The lowest BCUT2D eigenvalue weighted by molar-refractivity contribution is -0.889. The van der Waals surface area contributed by atoms with E-state index >= 15 is 0 Å². The second-order valence-electron chi connectivity index (χ2n) is 8.54. The molecule has 0 bridgehead atoms. The SMILES string of the molecule is C[N+](C)(CCCC[N-]S(=O)(=O)c1ccc(OCCC#N)cc1)CCNC(=O)c1nc(Cl)c(N)nc1N. The number of nitrogens with two attached hydrogens (primary N) is 2. The number of ether oxygens (including phenoxy) is 1. The number of halogens is 1. The number of benzene rings is 1. The summed E-state index contributed by atoms with van der Waals surface area (Å²) in [7, 11) is 0.265. The fourth-order valence-corrected chi connectivity index (χ4v) is 4.23. The first-order valence-corrected chi connectivity index (χ1v) is 13.0. The number of hydrogen-bond donors (Lipinski definition) is 3. The van der Waals surface area contributed by atoms with Gasteiger partial charge in [-0.05, 0) is 30.7 Å². The minimum atomic E-state index is -3.75. The molecule has 0 atom stereocenters. The molecular weight excluding hydrogens is 508 g/mol. The molecule has 1 aromatic carbocycles. The van der Waals surface area contributed by atoms with E-state index in [9.17, 15) is 13.2 Å². The van der Waals surface area contributed by atoms with E-state index in [-0.39, 0.29) is 47.0 Å². The maximum absolute atomic E-state index is 12.4. The number of quaternary nitrogens is 1. The Kier molecular flexibility index (Phi) is 10.7. The number of nitrogens with zero attached hydrogens (tertiary/aromatic N) is 5. The molecule has 0 radical (unpaired) electrons. The highest BCUT2D eigenvalue weighted by atomic mass is 35.5. The summed E-state index contributed by atoms with van der Waals surface area (Å²) in [5.74, 6) is -0.137. The van der Waals surface area contributed by atoms with Crippen LogP contribution in [0.2, 0.25) is 5.15 Å². The summed E-state index contributed by atoms with van der Waals surface area (Å²) in [6.07, 6.45) is 1.60. The number of rotatable bonds is 14. The Morgan fingerprint density at radius 3 is 2.53 bits per heavy atom. The molecule has 36 heavy (non-hydrogen) atoms. The van der Waals surface area contributed by atoms with E-state index in [1.54, 1.807) is 12.1 Å². The maximum Gasteiger partial charge on any atom is 0.273 e. The highest BCUT2D eigenvalue weighted by Gasteiger charge is 2.18. The van der Waals surface area contributed by atoms with Gasteiger partial charge in [-0.15, -0.1) is 6.54 Å². The summed E-state index contributed by atoms with van der Waals surface area (Å²) in [5, 5.41) is 11.2. The predicted octanol–water partition coefficient (Wildman–Crippen LogP) is 1.94. The first-order chi connectivity index (χ1) is 16.9. The number of nitrogens with one attached hydrogen (secondary N) is 1. The normalized spacial score (nSPS) is 11.6. The summed E-state index contributed by atoms with van der Waals surface area (Å²) in [6, 6.07) is 7.93. The molecule has 14 heteroatoms. The van der Waals surface area contributed by atoms with E-state index in [1.165, 1.54) is 12.1 Å². The second kappa shape index (κ2) is 13.2. The molecule has 1 aromatic heterocycles. The van der Waals surface area contributed by atoms with E-state index in [0.29, 0.717) is 29.7 Å². The van der Waals surface area contributed by atoms with Crippen molar-refractivity contribution < 1.29 is 22.4 Å². The number of unbranched alkanes of at least 4 members (excludes halogenated alkanes) is 1. The second-order valence-corrected chi connectivity index (χ2v) is 10.6. The number of anilines is 2. The molecule has 1 heterocycles. The summed E-state index contributed by atoms with van der Waals surface area (Å²) >= 11 is 5.81. The van der Waals surface area contributed by atoms with Gasteiger partial charge in [0.1, 0.15) is 22.4 Å². The zero-order valence-corrected chi connectivity index (χ0v) is 21.8. The monoisotopic (exact) mass is 538 g/mol. The number of nitrogen functional groups attached to an aromatic ring is 2. The van der Waals surface area contributed by atoms with E-state index in [1.807, 2.05) is 20.2 Å². The van der Waals surface area contributed by atoms with Crippen molar-refractivity contribution in [3.05, 3.63) is 39.8 Å². The van der Waals surface area contributed by atoms with Crippen molar-refractivity contribution in [2.45, 2.75) is 24.2 Å². The van der Waals surface area contributed by atoms with Gasteiger partial charge in [0.25, 0.3) is 5.91 Å². The molecule has 0 fully saturated rings. The van der Waals surface area contributed by atoms with Gasteiger partial charge < -0.3 is 30.7 Å². The van der Waals surface area contributed by atoms with Crippen molar-refractivity contribution in [2.24, 2.45) is 0 Å². The van der Waals surface area contributed by atoms with E-state index < -0.39 is 15.9 Å². The topological polar surface area (TPSA) is 188 Å². The highest BCUT2D eigenvalue weighted by Crippen LogP contribution is 2.21. The van der Waals surface area contributed by atoms with Crippen LogP contribution in [0.1, 0.15) is 29.8 Å². The van der Waals surface area contributed by atoms with Crippen molar-refractivity contribution >= 4 is 39.2 Å². The predicted molar refractivity (Wildman–Crippen MR) is 137 cm³/mol. The maximum atomic E-state index is 12.4. The van der Waals surface area contributed by atoms with Gasteiger partial charge >= 0.3 is 0 Å². The number of carbonyl (C=O) groups is 1. The van der Waals surface area contributed by atoms with E-state index in [0.717, 1.165) is 13.0 Å². The van der Waals surface area contributed by atoms with Gasteiger partial charge in [-0.1, -0.05) is 18.0 Å². The third-order valence-corrected chi connectivity index (χ3v) is 6.83. The minimum absolute atomic E-state index is 0.0428. The van der Waals surface area contributed by atoms with E-state index in [4.69, 9.17) is 33.1 Å². The lowest BCUT2D eigenvalue weighted by Crippen LogP contribution is -2.46. The zero-order valence-electron chi connectivity index (χ0n) is 20.3. The molecule has 2 rings (SSSR count). The summed E-state index contributed by atoms with van der Waals surface area (Å²) < 4.78 is 34.7. The quantitative estimate of drug-likeness (QED) is 0.238. The van der Waals surface area contributed by atoms with Gasteiger partial charge in [0.05, 0.1) is 46.2 Å². The molecule has 0 spiro atoms. The molecule has 196 valence electrons. The van der Waals surface area contributed by atoms with Gasteiger partial charge in [0.15, 0.2) is 22.5 Å². The van der Waals surface area contributed by atoms with Crippen LogP contribution in [-0.4, -0.2) is 75.7 Å². The summed E-state index contributed by atoms with van der Waals surface area (Å²) in [4.78, 5) is 20.1. The molecule has 0 unspecified atom stereocenters. The lowest BCUT2D eigenvalue weighted by atomic mass is 10.2. The fraction of sp³-hybridized carbons (Fsp3) is 0.455. The molecule has 12 nitrogen and oxygen atoms in total. The number of carbonyl (C=O) groups excluding carboxylic acids is 1. The van der Waals surface area contributed by atoms with Crippen LogP contribution in [0.3, 0.4) is 0 Å². The Morgan fingerprint density at radius 2 is 1.86 bits per heavy atom. The third kappa shape index (κ3) is 9.12. The van der Waals surface area contributed by atoms with Gasteiger partial charge in [0, 0.05) is 4.90 Å². The molecule has 2 aromatic rings. The van der Waals surface area contributed by atoms with Crippen LogP contribution in [-0.2, 0) is 10.0 Å². The lowest BCUT2D eigenvalue weighted by Gasteiger charge is -2.30. The van der Waals surface area contributed by atoms with E-state index in [2.05, 4.69) is 20.0 Å². The van der Waals surface area contributed by atoms with Crippen LogP contribution in [0.5, 0.6) is 5.75 Å². The van der Waals surface area contributed by atoms with Gasteiger partial charge in [-0.25, -0.2) is 18.4 Å². The van der Waals surface area contributed by atoms with Crippen molar-refractivity contribution in [1.82, 2.24) is 15.3 Å². The molecule has 1 amide bonds. The van der Waals surface area contributed by atoms with Crippen LogP contribution in [0, 0.1) is 11.3 Å². The number of sulfonamides is 1. The Morgan fingerprint density at radius 1 is 1.17 bits per heavy atom. The Bertz CT molecular complexity index is 1180. The molecule has 5 N–H and O–H groups in total. The highest BCUT2D eigenvalue weighted by molar-refractivity contribution is 7.94. The number of hydrogen-bond acceptors (Lipinski definition) is 9. The van der Waals surface area contributed by atoms with Crippen LogP contribution in [0.15, 0.2) is 29.2 Å². The zero-order chi connectivity index (χ0) is 26.8. The van der Waals surface area contributed by atoms with Crippen molar-refractivity contribution in [3.8, 4) is 11.8 Å². The minimum Gasteiger partial charge on any atom is -0.545 e. The van der Waals surface area contributed by atoms with Crippen LogP contribution in [0.25, 0.3) is 4.72 Å². The first kappa shape index (κ1) is 29.1. The van der Waals surface area contributed by atoms with Crippen LogP contribution in [0.4, 0.5) is 11.6 Å². The number of likely N-dealkylation sites (N-methyl/N-ethyl adjacent to an activating group) is 1. The average molecular weight is 539 g/mol. The van der Waals surface area contributed by atoms with Gasteiger partial charge in [-0.3, -0.25) is 4.79 Å². The van der Waals surface area contributed by atoms with Crippen molar-refractivity contribution in [2.75, 3.05) is 58.3 Å². The fourth-order valence-electron chi connectivity index (χ4n) is 3.11. The molecule has 0 saturated carbocycles. The third-order valence-electron chi connectivity index (χ3n) is 5.16. The Hall–Kier alpha value is -3.18. The Labute approximate surface area is 216 Å². The largest absolute Gasteiger partial charge is 0.545 e. The van der Waals surface area contributed by atoms with Gasteiger partial charge in [0.2, 0.25) is 0 Å². The van der Waals surface area contributed by atoms with Crippen LogP contribution < -0.4 is 21.5 Å². The standard InChI is InChI=1S/C22H31ClN8O4S/c1-31(2,14-12-27-22(32)18-20(25)30-21(26)19(23)29-18)13-4-3-11-28-36(33,34)17-8-6-16(7-9-17)35-15-5-10-24/h6-9H,3-5,11-15H2,1-2H3,(H5,25,26,27,30,32). The number of nitriles is 1. The first-order valence-electron chi connectivity index (χ1n) is 11.2. The van der Waals surface area contributed by atoms with Crippen molar-refractivity contribution in [3.63, 3.8) is 0 Å². The number of amides is 1.